The van der Waals surface area contributed by atoms with Crippen LogP contribution in [0.5, 0.6) is 0 Å². The molecule has 6 heteroatoms. The monoisotopic (exact) mass is 319 g/mol. The highest BCUT2D eigenvalue weighted by Crippen LogP contribution is 2.34. The first kappa shape index (κ1) is 14.0. The minimum atomic E-state index is -2.00. The molecule has 0 aliphatic carbocycles. The number of anilines is 1. The van der Waals surface area contributed by atoms with E-state index in [4.69, 9.17) is 16.2 Å². The van der Waals surface area contributed by atoms with Gasteiger partial charge in [0.1, 0.15) is 0 Å². The number of rotatable bonds is 2. The molecule has 0 bridgehead atoms. The molecule has 0 saturated carbocycles. The second-order valence-corrected chi connectivity index (χ2v) is 5.93. The van der Waals surface area contributed by atoms with Gasteiger partial charge in [-0.25, -0.2) is 4.21 Å². The van der Waals surface area contributed by atoms with Crippen molar-refractivity contribution in [3.8, 4) is 0 Å². The first-order chi connectivity index (χ1) is 10.0. The van der Waals surface area contributed by atoms with E-state index in [9.17, 15) is 9.00 Å². The lowest BCUT2D eigenvalue weighted by Crippen LogP contribution is -2.03. The second kappa shape index (κ2) is 5.44. The summed E-state index contributed by atoms with van der Waals surface area (Å²) in [6.45, 7) is 0. The Morgan fingerprint density at radius 1 is 1.14 bits per heavy atom. The van der Waals surface area contributed by atoms with Crippen LogP contribution in [0.15, 0.2) is 47.4 Å². The molecule has 1 heterocycles. The summed E-state index contributed by atoms with van der Waals surface area (Å²) in [6.07, 6.45) is 1.74. The summed E-state index contributed by atoms with van der Waals surface area (Å²) < 4.78 is 19.9. The number of hydrogen-bond acceptors (Lipinski definition) is 2. The van der Waals surface area contributed by atoms with Crippen molar-refractivity contribution in [1.29, 1.82) is 0 Å². The highest BCUT2D eigenvalue weighted by atomic mass is 35.5. The van der Waals surface area contributed by atoms with Crippen LogP contribution in [0, 0.1) is 0 Å². The van der Waals surface area contributed by atoms with Gasteiger partial charge in [-0.2, -0.15) is 0 Å². The molecule has 0 aromatic heterocycles. The van der Waals surface area contributed by atoms with Crippen molar-refractivity contribution in [2.24, 2.45) is 0 Å². The van der Waals surface area contributed by atoms with Gasteiger partial charge >= 0.3 is 0 Å². The van der Waals surface area contributed by atoms with E-state index in [1.165, 1.54) is 0 Å². The summed E-state index contributed by atoms with van der Waals surface area (Å²) in [4.78, 5) is 12.3. The smallest absolute Gasteiger partial charge is 0.256 e. The molecule has 106 valence electrons. The fraction of sp³-hybridized carbons (Fsp3) is 0. The van der Waals surface area contributed by atoms with Gasteiger partial charge in [-0.15, -0.1) is 0 Å². The van der Waals surface area contributed by atoms with Crippen LogP contribution in [-0.4, -0.2) is 14.7 Å². The maximum Gasteiger partial charge on any atom is 0.256 e. The first-order valence-corrected chi connectivity index (χ1v) is 7.57. The van der Waals surface area contributed by atoms with Gasteiger partial charge in [-0.05, 0) is 35.9 Å². The minimum absolute atomic E-state index is 0.193. The van der Waals surface area contributed by atoms with Gasteiger partial charge in [-0.1, -0.05) is 29.8 Å². The van der Waals surface area contributed by atoms with E-state index in [-0.39, 0.29) is 5.91 Å². The molecule has 2 aromatic rings. The lowest BCUT2D eigenvalue weighted by Gasteiger charge is -2.00. The zero-order valence-electron chi connectivity index (χ0n) is 10.7. The minimum Gasteiger partial charge on any atom is -0.321 e. The molecular formula is C15H10ClNO3S. The van der Waals surface area contributed by atoms with Crippen LogP contribution in [-0.2, 0) is 15.9 Å². The second-order valence-electron chi connectivity index (χ2n) is 4.52. The van der Waals surface area contributed by atoms with Gasteiger partial charge in [0, 0.05) is 16.2 Å². The van der Waals surface area contributed by atoms with Crippen molar-refractivity contribution in [3.63, 3.8) is 0 Å². The van der Waals surface area contributed by atoms with Crippen molar-refractivity contribution in [2.45, 2.75) is 4.90 Å². The van der Waals surface area contributed by atoms with E-state index in [0.717, 1.165) is 11.1 Å². The number of carbonyl (C=O) groups excluding carboxylic acids is 1. The van der Waals surface area contributed by atoms with Crippen molar-refractivity contribution < 1.29 is 13.6 Å². The molecule has 0 fully saturated rings. The van der Waals surface area contributed by atoms with Gasteiger partial charge in [0.25, 0.3) is 5.91 Å². The van der Waals surface area contributed by atoms with Gasteiger partial charge < -0.3 is 9.87 Å². The zero-order chi connectivity index (χ0) is 15.0. The van der Waals surface area contributed by atoms with Gasteiger partial charge in [0.2, 0.25) is 0 Å². The Morgan fingerprint density at radius 3 is 2.52 bits per heavy atom. The predicted molar refractivity (Wildman–Crippen MR) is 83.4 cm³/mol. The van der Waals surface area contributed by atoms with Crippen LogP contribution in [0.25, 0.3) is 11.6 Å². The summed E-state index contributed by atoms with van der Waals surface area (Å²) in [5.74, 6) is -0.193. The van der Waals surface area contributed by atoms with Crippen molar-refractivity contribution in [3.05, 3.63) is 58.6 Å². The fourth-order valence-electron chi connectivity index (χ4n) is 2.16. The summed E-state index contributed by atoms with van der Waals surface area (Å²) in [5.41, 5.74) is 2.79. The molecule has 0 spiro atoms. The Hall–Kier alpha value is -1.95. The van der Waals surface area contributed by atoms with Gasteiger partial charge in [0.05, 0.1) is 10.6 Å². The maximum atomic E-state index is 12.0. The van der Waals surface area contributed by atoms with E-state index >= 15 is 0 Å². The molecule has 2 aromatic carbocycles. The summed E-state index contributed by atoms with van der Waals surface area (Å²) in [5, 5.41) is 3.32. The van der Waals surface area contributed by atoms with Crippen LogP contribution in [0.2, 0.25) is 5.02 Å². The third kappa shape index (κ3) is 2.76. The van der Waals surface area contributed by atoms with Crippen LogP contribution < -0.4 is 5.32 Å². The Bertz CT molecular complexity index is 784. The van der Waals surface area contributed by atoms with Gasteiger partial charge in [-0.3, -0.25) is 4.79 Å². The largest absolute Gasteiger partial charge is 0.321 e. The molecular weight excluding hydrogens is 310 g/mol. The number of fused-ring (bicyclic) bond motifs is 1. The van der Waals surface area contributed by atoms with E-state index in [1.807, 2.05) is 0 Å². The summed E-state index contributed by atoms with van der Waals surface area (Å²) in [7, 11) is 0. The molecule has 0 saturated heterocycles. The standard InChI is InChI=1S/C15H10ClNO3S/c16-10-3-6-12-13(15(18)17-14(12)8-10)7-9-1-4-11(5-2-9)21(19)20/h1-8H,(H,17,18)(H,19,20). The van der Waals surface area contributed by atoms with Crippen LogP contribution in [0.3, 0.4) is 0 Å². The molecule has 1 aliphatic heterocycles. The average molecular weight is 320 g/mol. The SMILES string of the molecule is O=C1Nc2cc(Cl)ccc2C1=Cc1ccc(S(=O)O)cc1. The maximum absolute atomic E-state index is 12.0. The van der Waals surface area contributed by atoms with Crippen LogP contribution in [0.1, 0.15) is 11.1 Å². The molecule has 1 unspecified atom stereocenters. The molecule has 2 N–H and O–H groups in total. The van der Waals surface area contributed by atoms with E-state index in [1.54, 1.807) is 48.5 Å². The normalized spacial score (nSPS) is 16.7. The number of carbonyl (C=O) groups is 1. The highest BCUT2D eigenvalue weighted by molar-refractivity contribution is 7.79. The molecule has 21 heavy (non-hydrogen) atoms. The lowest BCUT2D eigenvalue weighted by molar-refractivity contribution is -0.110. The van der Waals surface area contributed by atoms with E-state index in [2.05, 4.69) is 5.32 Å². The Morgan fingerprint density at radius 2 is 1.86 bits per heavy atom. The number of nitrogens with one attached hydrogen (secondary N) is 1. The zero-order valence-corrected chi connectivity index (χ0v) is 12.2. The number of hydrogen-bond donors (Lipinski definition) is 2. The third-order valence-corrected chi connectivity index (χ3v) is 4.07. The third-order valence-electron chi connectivity index (χ3n) is 3.16. The molecule has 1 aliphatic rings. The number of halogens is 1. The van der Waals surface area contributed by atoms with Crippen LogP contribution in [0.4, 0.5) is 5.69 Å². The molecule has 3 rings (SSSR count). The van der Waals surface area contributed by atoms with E-state index < -0.39 is 11.1 Å². The topological polar surface area (TPSA) is 66.4 Å². The predicted octanol–water partition coefficient (Wildman–Crippen LogP) is 3.41. The van der Waals surface area contributed by atoms with Crippen molar-refractivity contribution >= 4 is 45.9 Å². The van der Waals surface area contributed by atoms with Crippen molar-refractivity contribution in [1.82, 2.24) is 0 Å². The Kier molecular flexibility index (Phi) is 3.63. The lowest BCUT2D eigenvalue weighted by atomic mass is 10.0. The van der Waals surface area contributed by atoms with Crippen molar-refractivity contribution in [2.75, 3.05) is 5.32 Å². The first-order valence-electron chi connectivity index (χ1n) is 6.08. The Labute approximate surface area is 128 Å². The molecule has 4 nitrogen and oxygen atoms in total. The molecule has 0 radical (unpaired) electrons. The number of benzene rings is 2. The van der Waals surface area contributed by atoms with Gasteiger partial charge in [0.15, 0.2) is 11.1 Å². The number of amides is 1. The quantitative estimate of drug-likeness (QED) is 0.658. The summed E-state index contributed by atoms with van der Waals surface area (Å²) >= 11 is 3.90. The highest BCUT2D eigenvalue weighted by Gasteiger charge is 2.23. The fourth-order valence-corrected chi connectivity index (χ4v) is 2.70. The average Bonchev–Trinajstić information content (AvgIpc) is 2.75. The molecule has 1 atom stereocenters. The molecule has 1 amide bonds. The summed E-state index contributed by atoms with van der Waals surface area (Å²) in [6, 6.07) is 11.7. The Balaban J connectivity index is 2.00. The van der Waals surface area contributed by atoms with Crippen LogP contribution >= 0.6 is 11.6 Å². The van der Waals surface area contributed by atoms with E-state index in [0.29, 0.717) is 21.2 Å².